The molecule has 0 saturated heterocycles. The molecule has 26 heavy (non-hydrogen) atoms. The van der Waals surface area contributed by atoms with Crippen molar-refractivity contribution >= 4 is 34.1 Å². The van der Waals surface area contributed by atoms with Gasteiger partial charge in [0.2, 0.25) is 0 Å². The summed E-state index contributed by atoms with van der Waals surface area (Å²) < 4.78 is 0. The molecule has 3 N–H and O–H groups in total. The van der Waals surface area contributed by atoms with E-state index in [1.165, 1.54) is 5.56 Å². The molecule has 0 bridgehead atoms. The van der Waals surface area contributed by atoms with Crippen LogP contribution in [0.5, 0.6) is 5.75 Å². The second kappa shape index (κ2) is 6.69. The number of fused-ring (bicyclic) bond motifs is 1. The van der Waals surface area contributed by atoms with Gasteiger partial charge in [0.05, 0.1) is 10.7 Å². The number of hydrogen-bond donors (Lipinski definition) is 3. The van der Waals surface area contributed by atoms with E-state index >= 15 is 0 Å². The van der Waals surface area contributed by atoms with Gasteiger partial charge in [-0.3, -0.25) is 0 Å². The van der Waals surface area contributed by atoms with Crippen molar-refractivity contribution in [3.8, 4) is 17.1 Å². The Labute approximate surface area is 155 Å². The van der Waals surface area contributed by atoms with Gasteiger partial charge in [-0.15, -0.1) is 0 Å². The Balaban J connectivity index is 1.77. The number of phenolic OH excluding ortho intramolecular Hbond substituents is 1. The average Bonchev–Trinajstić information content (AvgIpc) is 3.10. The number of nitrogens with zero attached hydrogens (tertiary/aromatic N) is 2. The molecule has 0 aliphatic rings. The minimum atomic E-state index is 0.0446. The molecular weight excluding hydrogens is 348 g/mol. The Hall–Kier alpha value is -3.05. The molecule has 4 rings (SSSR count). The van der Waals surface area contributed by atoms with Crippen molar-refractivity contribution in [3.63, 3.8) is 0 Å². The first kappa shape index (κ1) is 16.4. The quantitative estimate of drug-likeness (QED) is 0.460. The number of nitrogens with one attached hydrogen (secondary N) is 2. The lowest BCUT2D eigenvalue weighted by Gasteiger charge is -2.11. The van der Waals surface area contributed by atoms with E-state index in [0.717, 1.165) is 28.9 Å². The molecule has 0 fully saturated rings. The summed E-state index contributed by atoms with van der Waals surface area (Å²) in [5.74, 6) is 0.690. The zero-order valence-electron chi connectivity index (χ0n) is 14.1. The number of anilines is 2. The van der Waals surface area contributed by atoms with Gasteiger partial charge in [0.25, 0.3) is 0 Å². The second-order valence-electron chi connectivity index (χ2n) is 5.94. The van der Waals surface area contributed by atoms with Gasteiger partial charge in [-0.1, -0.05) is 36.7 Å². The fourth-order valence-electron chi connectivity index (χ4n) is 2.90. The maximum atomic E-state index is 9.60. The Morgan fingerprint density at radius 1 is 1.12 bits per heavy atom. The molecular formula is C20H17ClN4O. The lowest BCUT2D eigenvalue weighted by atomic mass is 10.1. The fourth-order valence-corrected chi connectivity index (χ4v) is 3.08. The highest BCUT2D eigenvalue weighted by Crippen LogP contribution is 2.31. The molecule has 0 aliphatic heterocycles. The van der Waals surface area contributed by atoms with Gasteiger partial charge in [-0.25, -0.2) is 9.97 Å². The van der Waals surface area contributed by atoms with Crippen molar-refractivity contribution in [2.75, 3.05) is 5.32 Å². The highest BCUT2D eigenvalue weighted by molar-refractivity contribution is 6.32. The number of aromatic amines is 1. The average molecular weight is 365 g/mol. The number of H-pyrrole nitrogens is 1. The molecule has 5 nitrogen and oxygen atoms in total. The summed E-state index contributed by atoms with van der Waals surface area (Å²) in [6.07, 6.45) is 2.67. The van der Waals surface area contributed by atoms with Crippen molar-refractivity contribution in [1.29, 1.82) is 0 Å². The van der Waals surface area contributed by atoms with E-state index in [2.05, 4.69) is 39.3 Å². The van der Waals surface area contributed by atoms with Crippen LogP contribution >= 0.6 is 11.6 Å². The molecule has 130 valence electrons. The topological polar surface area (TPSA) is 73.8 Å². The first-order chi connectivity index (χ1) is 12.7. The maximum Gasteiger partial charge on any atom is 0.180 e. The first-order valence-electron chi connectivity index (χ1n) is 8.34. The zero-order valence-corrected chi connectivity index (χ0v) is 14.9. The summed E-state index contributed by atoms with van der Waals surface area (Å²) >= 11 is 6.01. The predicted molar refractivity (Wildman–Crippen MR) is 105 cm³/mol. The van der Waals surface area contributed by atoms with E-state index in [1.807, 2.05) is 18.2 Å². The summed E-state index contributed by atoms with van der Waals surface area (Å²) in [6.45, 7) is 2.13. The third kappa shape index (κ3) is 2.97. The number of rotatable bonds is 4. The van der Waals surface area contributed by atoms with E-state index in [0.29, 0.717) is 11.5 Å². The van der Waals surface area contributed by atoms with Crippen LogP contribution < -0.4 is 5.32 Å². The molecule has 0 radical (unpaired) electrons. The van der Waals surface area contributed by atoms with Gasteiger partial charge in [-0.2, -0.15) is 0 Å². The monoisotopic (exact) mass is 364 g/mol. The van der Waals surface area contributed by atoms with Crippen LogP contribution in [0.25, 0.3) is 22.6 Å². The van der Waals surface area contributed by atoms with Crippen molar-refractivity contribution in [2.24, 2.45) is 0 Å². The number of hydrogen-bond acceptors (Lipinski definition) is 4. The van der Waals surface area contributed by atoms with Gasteiger partial charge >= 0.3 is 0 Å². The molecule has 0 saturated carbocycles. The van der Waals surface area contributed by atoms with Crippen molar-refractivity contribution in [3.05, 3.63) is 65.3 Å². The van der Waals surface area contributed by atoms with Crippen LogP contribution in [0.1, 0.15) is 12.5 Å². The molecule has 0 atom stereocenters. The van der Waals surface area contributed by atoms with E-state index in [9.17, 15) is 5.11 Å². The number of aromatic hydroxyl groups is 1. The molecule has 0 unspecified atom stereocenters. The maximum absolute atomic E-state index is 9.60. The molecule has 0 amide bonds. The molecule has 0 aliphatic carbocycles. The summed E-state index contributed by atoms with van der Waals surface area (Å²) in [5.41, 5.74) is 5.42. The normalized spacial score (nSPS) is 11.0. The van der Waals surface area contributed by atoms with Crippen LogP contribution in [-0.2, 0) is 6.42 Å². The van der Waals surface area contributed by atoms with Gasteiger partial charge in [0.1, 0.15) is 17.1 Å². The zero-order chi connectivity index (χ0) is 18.1. The summed E-state index contributed by atoms with van der Waals surface area (Å²) in [5, 5.41) is 13.4. The van der Waals surface area contributed by atoms with Crippen LogP contribution in [0, 0.1) is 0 Å². The molecule has 4 aromatic rings. The number of imidazole rings is 1. The van der Waals surface area contributed by atoms with Gasteiger partial charge in [0, 0.05) is 17.4 Å². The Bertz CT molecular complexity index is 1090. The Morgan fingerprint density at radius 2 is 1.96 bits per heavy atom. The molecule has 2 heterocycles. The number of pyridine rings is 1. The lowest BCUT2D eigenvalue weighted by Crippen LogP contribution is -1.96. The molecule has 2 aromatic heterocycles. The van der Waals surface area contributed by atoms with Gasteiger partial charge in [0.15, 0.2) is 5.65 Å². The van der Waals surface area contributed by atoms with Crippen LogP contribution in [0.3, 0.4) is 0 Å². The van der Waals surface area contributed by atoms with Crippen LogP contribution in [0.15, 0.2) is 54.7 Å². The molecule has 2 aromatic carbocycles. The number of benzene rings is 2. The smallest absolute Gasteiger partial charge is 0.180 e. The highest BCUT2D eigenvalue weighted by Gasteiger charge is 2.12. The second-order valence-corrected chi connectivity index (χ2v) is 6.35. The number of aromatic nitrogens is 3. The van der Waals surface area contributed by atoms with Crippen LogP contribution in [0.4, 0.5) is 11.4 Å². The van der Waals surface area contributed by atoms with E-state index in [4.69, 9.17) is 11.6 Å². The molecule has 6 heteroatoms. The van der Waals surface area contributed by atoms with E-state index in [1.54, 1.807) is 24.4 Å². The Kier molecular flexibility index (Phi) is 4.22. The predicted octanol–water partition coefficient (Wildman–Crippen LogP) is 5.29. The summed E-state index contributed by atoms with van der Waals surface area (Å²) in [6, 6.07) is 15.1. The number of aryl methyl sites for hydroxylation is 1. The summed E-state index contributed by atoms with van der Waals surface area (Å²) in [4.78, 5) is 12.2. The van der Waals surface area contributed by atoms with E-state index < -0.39 is 0 Å². The van der Waals surface area contributed by atoms with Crippen LogP contribution in [-0.4, -0.2) is 20.1 Å². The SMILES string of the molecule is CCc1ccccc1Nc1ccnc2nc(-c3ccc(O)c(Cl)c3)[nH]c12. The first-order valence-corrected chi connectivity index (χ1v) is 8.72. The lowest BCUT2D eigenvalue weighted by molar-refractivity contribution is 0.475. The minimum absolute atomic E-state index is 0.0446. The van der Waals surface area contributed by atoms with Crippen molar-refractivity contribution < 1.29 is 5.11 Å². The van der Waals surface area contributed by atoms with Crippen molar-refractivity contribution in [1.82, 2.24) is 15.0 Å². The van der Waals surface area contributed by atoms with Crippen LogP contribution in [0.2, 0.25) is 5.02 Å². The number of phenols is 1. The largest absolute Gasteiger partial charge is 0.506 e. The minimum Gasteiger partial charge on any atom is -0.506 e. The number of para-hydroxylation sites is 1. The van der Waals surface area contributed by atoms with Gasteiger partial charge in [-0.05, 0) is 42.3 Å². The third-order valence-electron chi connectivity index (χ3n) is 4.28. The standard InChI is InChI=1S/C20H17ClN4O/c1-2-12-5-3-4-6-15(12)23-16-9-10-22-20-18(16)24-19(25-20)13-7-8-17(26)14(21)11-13/h3-11,26H,2H2,1H3,(H2,22,23,24,25). The third-order valence-corrected chi connectivity index (χ3v) is 4.58. The number of halogens is 1. The fraction of sp³-hybridized carbons (Fsp3) is 0.100. The van der Waals surface area contributed by atoms with Crippen molar-refractivity contribution in [2.45, 2.75) is 13.3 Å². The highest BCUT2D eigenvalue weighted by atomic mass is 35.5. The summed E-state index contributed by atoms with van der Waals surface area (Å²) in [7, 11) is 0. The van der Waals surface area contributed by atoms with E-state index in [-0.39, 0.29) is 10.8 Å². The Morgan fingerprint density at radius 3 is 2.77 bits per heavy atom. The molecule has 0 spiro atoms. The van der Waals surface area contributed by atoms with Gasteiger partial charge < -0.3 is 15.4 Å².